The fourth-order valence-corrected chi connectivity index (χ4v) is 2.04. The van der Waals surface area contributed by atoms with Crippen LogP contribution in [0.3, 0.4) is 0 Å². The molecule has 1 aliphatic rings. The van der Waals surface area contributed by atoms with E-state index in [9.17, 15) is 9.59 Å². The van der Waals surface area contributed by atoms with Gasteiger partial charge in [-0.2, -0.15) is 0 Å². The molecule has 2 rings (SSSR count). The van der Waals surface area contributed by atoms with Crippen molar-refractivity contribution in [2.75, 3.05) is 13.2 Å². The summed E-state index contributed by atoms with van der Waals surface area (Å²) in [6.45, 7) is 0.666. The van der Waals surface area contributed by atoms with Gasteiger partial charge in [0.15, 0.2) is 5.78 Å². The minimum absolute atomic E-state index is 0.00481. The van der Waals surface area contributed by atoms with E-state index in [1.807, 2.05) is 12.1 Å². The minimum Gasteiger partial charge on any atom is -0.380 e. The topological polar surface area (TPSA) is 43.4 Å². The number of Topliss-reactive ketones (excluding diaryl/α,β-unsaturated/α-hetero) is 2. The predicted molar refractivity (Wildman–Crippen MR) is 67.4 cm³/mol. The number of benzene rings is 1. The van der Waals surface area contributed by atoms with Crippen molar-refractivity contribution in [1.82, 2.24) is 0 Å². The van der Waals surface area contributed by atoms with Gasteiger partial charge < -0.3 is 4.74 Å². The lowest BCUT2D eigenvalue weighted by atomic mass is 9.92. The summed E-state index contributed by atoms with van der Waals surface area (Å²) in [5, 5.41) is 0. The summed E-state index contributed by atoms with van der Waals surface area (Å²) in [6.07, 6.45) is 0.348. The molecule has 1 atom stereocenters. The van der Waals surface area contributed by atoms with Gasteiger partial charge in [0, 0.05) is 15.6 Å². The number of hydrogen-bond acceptors (Lipinski definition) is 3. The second-order valence-electron chi connectivity index (χ2n) is 3.71. The number of ketones is 2. The van der Waals surface area contributed by atoms with Crippen molar-refractivity contribution in [3.05, 3.63) is 33.4 Å². The third kappa shape index (κ3) is 2.49. The van der Waals surface area contributed by atoms with Gasteiger partial charge in [-0.25, -0.2) is 0 Å². The monoisotopic (exact) mass is 330 g/mol. The summed E-state index contributed by atoms with van der Waals surface area (Å²) >= 11 is 2.18. The Hall–Kier alpha value is -0.750. The smallest absolute Gasteiger partial charge is 0.175 e. The van der Waals surface area contributed by atoms with Crippen LogP contribution in [-0.4, -0.2) is 24.8 Å². The largest absolute Gasteiger partial charge is 0.380 e. The Morgan fingerprint density at radius 1 is 1.31 bits per heavy atom. The van der Waals surface area contributed by atoms with Crippen LogP contribution < -0.4 is 0 Å². The van der Waals surface area contributed by atoms with Crippen molar-refractivity contribution in [3.63, 3.8) is 0 Å². The number of rotatable bonds is 2. The van der Waals surface area contributed by atoms with Gasteiger partial charge in [0.05, 0.1) is 13.2 Å². The summed E-state index contributed by atoms with van der Waals surface area (Å²) < 4.78 is 6.25. The van der Waals surface area contributed by atoms with Gasteiger partial charge in [-0.3, -0.25) is 9.59 Å². The highest BCUT2D eigenvalue weighted by atomic mass is 127. The maximum Gasteiger partial charge on any atom is 0.175 e. The molecule has 0 spiro atoms. The van der Waals surface area contributed by atoms with Crippen molar-refractivity contribution in [2.24, 2.45) is 5.92 Å². The normalized spacial score (nSPS) is 20.8. The molecule has 1 unspecified atom stereocenters. The fraction of sp³-hybridized carbons (Fsp3) is 0.333. The average molecular weight is 330 g/mol. The maximum absolute atomic E-state index is 12.0. The molecule has 3 nitrogen and oxygen atoms in total. The Kier molecular flexibility index (Phi) is 3.70. The van der Waals surface area contributed by atoms with E-state index in [4.69, 9.17) is 4.74 Å². The lowest BCUT2D eigenvalue weighted by molar-refractivity contribution is -0.128. The van der Waals surface area contributed by atoms with Crippen LogP contribution in [0.5, 0.6) is 0 Å². The number of halogens is 1. The summed E-state index contributed by atoms with van der Waals surface area (Å²) in [4.78, 5) is 23.6. The number of carbonyl (C=O) groups excluding carboxylic acids is 2. The first kappa shape index (κ1) is 11.7. The van der Waals surface area contributed by atoms with Crippen molar-refractivity contribution in [3.8, 4) is 0 Å². The summed E-state index contributed by atoms with van der Waals surface area (Å²) in [7, 11) is 0. The first-order valence-corrected chi connectivity index (χ1v) is 6.16. The van der Waals surface area contributed by atoms with Crippen molar-refractivity contribution >= 4 is 34.2 Å². The molecule has 0 N–H and O–H groups in total. The molecule has 4 heteroatoms. The van der Waals surface area contributed by atoms with E-state index in [1.54, 1.807) is 12.1 Å². The first-order valence-electron chi connectivity index (χ1n) is 5.09. The lowest BCUT2D eigenvalue weighted by Gasteiger charge is -2.19. The third-order valence-electron chi connectivity index (χ3n) is 2.61. The van der Waals surface area contributed by atoms with Gasteiger partial charge in [-0.05, 0) is 34.7 Å². The van der Waals surface area contributed by atoms with Gasteiger partial charge in [0.1, 0.15) is 11.7 Å². The fourth-order valence-electron chi connectivity index (χ4n) is 1.68. The second-order valence-corrected chi connectivity index (χ2v) is 4.96. The zero-order valence-corrected chi connectivity index (χ0v) is 10.8. The second kappa shape index (κ2) is 5.05. The van der Waals surface area contributed by atoms with Gasteiger partial charge in [-0.1, -0.05) is 12.1 Å². The third-order valence-corrected chi connectivity index (χ3v) is 3.33. The van der Waals surface area contributed by atoms with Crippen molar-refractivity contribution in [2.45, 2.75) is 6.42 Å². The summed E-state index contributed by atoms with van der Waals surface area (Å²) in [5.74, 6) is -0.732. The molecule has 0 saturated carbocycles. The van der Waals surface area contributed by atoms with E-state index in [0.717, 1.165) is 3.57 Å². The Bertz CT molecular complexity index is 411. The van der Waals surface area contributed by atoms with E-state index >= 15 is 0 Å². The number of ether oxygens (including phenoxy) is 1. The van der Waals surface area contributed by atoms with E-state index in [0.29, 0.717) is 18.6 Å². The molecule has 84 valence electrons. The quantitative estimate of drug-likeness (QED) is 0.474. The average Bonchev–Trinajstić information content (AvgIpc) is 2.30. The van der Waals surface area contributed by atoms with Gasteiger partial charge >= 0.3 is 0 Å². The molecular weight excluding hydrogens is 319 g/mol. The zero-order chi connectivity index (χ0) is 11.5. The van der Waals surface area contributed by atoms with E-state index in [-0.39, 0.29) is 18.2 Å². The summed E-state index contributed by atoms with van der Waals surface area (Å²) in [6, 6.07) is 7.24. The molecule has 1 fully saturated rings. The van der Waals surface area contributed by atoms with Crippen LogP contribution in [0.15, 0.2) is 24.3 Å². The van der Waals surface area contributed by atoms with Gasteiger partial charge in [0.2, 0.25) is 0 Å². The molecule has 1 saturated heterocycles. The van der Waals surface area contributed by atoms with Crippen LogP contribution in [0, 0.1) is 9.49 Å². The predicted octanol–water partition coefficient (Wildman–Crippen LogP) is 2.08. The molecule has 0 aromatic heterocycles. The van der Waals surface area contributed by atoms with Crippen molar-refractivity contribution in [1.29, 1.82) is 0 Å². The van der Waals surface area contributed by atoms with Crippen LogP contribution in [0.2, 0.25) is 0 Å². The zero-order valence-electron chi connectivity index (χ0n) is 8.61. The Morgan fingerprint density at radius 3 is 2.62 bits per heavy atom. The molecule has 1 aliphatic heterocycles. The van der Waals surface area contributed by atoms with Crippen LogP contribution in [-0.2, 0) is 9.53 Å². The Balaban J connectivity index is 2.17. The van der Waals surface area contributed by atoms with Crippen LogP contribution in [0.1, 0.15) is 16.8 Å². The van der Waals surface area contributed by atoms with E-state index < -0.39 is 5.92 Å². The van der Waals surface area contributed by atoms with Gasteiger partial charge in [-0.15, -0.1) is 0 Å². The standard InChI is InChI=1S/C12H11IO3/c13-9-3-1-8(2-4-9)12(15)10-7-16-6-5-11(10)14/h1-4,10H,5-7H2. The Labute approximate surface area is 107 Å². The number of hydrogen-bond donors (Lipinski definition) is 0. The van der Waals surface area contributed by atoms with E-state index in [2.05, 4.69) is 22.6 Å². The highest BCUT2D eigenvalue weighted by molar-refractivity contribution is 14.1. The van der Waals surface area contributed by atoms with Crippen LogP contribution in [0.25, 0.3) is 0 Å². The number of carbonyl (C=O) groups is 2. The van der Waals surface area contributed by atoms with E-state index in [1.165, 1.54) is 0 Å². The van der Waals surface area contributed by atoms with Crippen molar-refractivity contribution < 1.29 is 14.3 Å². The maximum atomic E-state index is 12.0. The molecule has 1 heterocycles. The molecule has 1 aromatic rings. The van der Waals surface area contributed by atoms with Crippen LogP contribution >= 0.6 is 22.6 Å². The molecule has 16 heavy (non-hydrogen) atoms. The van der Waals surface area contributed by atoms with Gasteiger partial charge in [0.25, 0.3) is 0 Å². The summed E-state index contributed by atoms with van der Waals surface area (Å²) in [5.41, 5.74) is 0.587. The SMILES string of the molecule is O=C1CCOCC1C(=O)c1ccc(I)cc1. The molecule has 0 bridgehead atoms. The highest BCUT2D eigenvalue weighted by Gasteiger charge is 2.30. The highest BCUT2D eigenvalue weighted by Crippen LogP contribution is 2.17. The Morgan fingerprint density at radius 2 is 2.00 bits per heavy atom. The molecule has 0 radical (unpaired) electrons. The minimum atomic E-state index is -0.603. The van der Waals surface area contributed by atoms with Crippen LogP contribution in [0.4, 0.5) is 0 Å². The lowest BCUT2D eigenvalue weighted by Crippen LogP contribution is -2.33. The molecule has 1 aromatic carbocycles. The molecule has 0 amide bonds. The molecule has 0 aliphatic carbocycles. The molecular formula is C12H11IO3. The first-order chi connectivity index (χ1) is 7.68.